The molecule has 0 unspecified atom stereocenters. The standard InChI is InChI=1S/C27H30N4O8/c1-25(2,3)14-22(32)16-8-10-17(11-9-16)26(35,36)30-23(33)20-13-21(29-15-28-20)24(34)31-27(37,38)18-6-5-7-19(12-18)39-4/h5-13,15,35-38H,14H2,1-4H3,(H,30,33)(H,31,34). The van der Waals surface area contributed by atoms with Gasteiger partial charge < -0.3 is 25.2 Å². The van der Waals surface area contributed by atoms with Crippen LogP contribution in [0.25, 0.3) is 0 Å². The van der Waals surface area contributed by atoms with Crippen LogP contribution in [0.1, 0.15) is 69.7 Å². The van der Waals surface area contributed by atoms with Crippen LogP contribution in [0.5, 0.6) is 5.75 Å². The van der Waals surface area contributed by atoms with Gasteiger partial charge in [0.1, 0.15) is 23.5 Å². The first-order chi connectivity index (χ1) is 18.1. The third-order valence-electron chi connectivity index (χ3n) is 5.48. The van der Waals surface area contributed by atoms with Gasteiger partial charge in [0.2, 0.25) is 0 Å². The topological polar surface area (TPSA) is 191 Å². The summed E-state index contributed by atoms with van der Waals surface area (Å²) in [4.78, 5) is 45.2. The molecule has 0 saturated carbocycles. The number of hydrogen-bond acceptors (Lipinski definition) is 10. The maximum atomic E-state index is 12.7. The van der Waals surface area contributed by atoms with E-state index >= 15 is 0 Å². The van der Waals surface area contributed by atoms with Crippen LogP contribution in [-0.4, -0.2) is 55.1 Å². The fourth-order valence-corrected chi connectivity index (χ4v) is 3.51. The molecule has 0 radical (unpaired) electrons. The molecule has 2 aromatic carbocycles. The fourth-order valence-electron chi connectivity index (χ4n) is 3.51. The van der Waals surface area contributed by atoms with Crippen molar-refractivity contribution in [1.29, 1.82) is 0 Å². The van der Waals surface area contributed by atoms with E-state index in [4.69, 9.17) is 4.74 Å². The molecule has 0 fully saturated rings. The lowest BCUT2D eigenvalue weighted by Gasteiger charge is -2.24. The zero-order chi connectivity index (χ0) is 29.0. The zero-order valence-corrected chi connectivity index (χ0v) is 21.8. The maximum absolute atomic E-state index is 12.7. The molecule has 3 rings (SSSR count). The largest absolute Gasteiger partial charge is 0.497 e. The van der Waals surface area contributed by atoms with Crippen LogP contribution in [0.3, 0.4) is 0 Å². The molecular formula is C27H30N4O8. The van der Waals surface area contributed by atoms with E-state index in [1.165, 1.54) is 49.6 Å². The van der Waals surface area contributed by atoms with Gasteiger partial charge >= 0.3 is 0 Å². The van der Waals surface area contributed by atoms with Gasteiger partial charge in [-0.15, -0.1) is 0 Å². The first-order valence-corrected chi connectivity index (χ1v) is 11.8. The van der Waals surface area contributed by atoms with Crippen molar-refractivity contribution in [3.63, 3.8) is 0 Å². The maximum Gasteiger partial charge on any atom is 0.275 e. The Morgan fingerprint density at radius 2 is 1.33 bits per heavy atom. The predicted molar refractivity (Wildman–Crippen MR) is 137 cm³/mol. The molecule has 2 amide bonds. The summed E-state index contributed by atoms with van der Waals surface area (Å²) < 4.78 is 5.03. The van der Waals surface area contributed by atoms with E-state index in [1.54, 1.807) is 6.07 Å². The van der Waals surface area contributed by atoms with Crippen molar-refractivity contribution in [3.05, 3.63) is 89.0 Å². The average molecular weight is 539 g/mol. The molecular weight excluding hydrogens is 508 g/mol. The number of methoxy groups -OCH3 is 1. The summed E-state index contributed by atoms with van der Waals surface area (Å²) in [6, 6.07) is 12.0. The van der Waals surface area contributed by atoms with Gasteiger partial charge in [0.25, 0.3) is 23.6 Å². The number of aromatic nitrogens is 2. The molecule has 0 aliphatic carbocycles. The summed E-state index contributed by atoms with van der Waals surface area (Å²) in [5.41, 5.74) is -0.895. The van der Waals surface area contributed by atoms with Gasteiger partial charge in [0.15, 0.2) is 5.78 Å². The summed E-state index contributed by atoms with van der Waals surface area (Å²) in [6.07, 6.45) is 1.17. The Morgan fingerprint density at radius 3 is 1.85 bits per heavy atom. The Balaban J connectivity index is 1.72. The second-order valence-electron chi connectivity index (χ2n) is 10.0. The van der Waals surface area contributed by atoms with Gasteiger partial charge in [0, 0.05) is 29.2 Å². The molecule has 0 aliphatic heterocycles. The number of ether oxygens (including phenoxy) is 1. The van der Waals surface area contributed by atoms with Gasteiger partial charge in [-0.2, -0.15) is 0 Å². The summed E-state index contributed by atoms with van der Waals surface area (Å²) in [5, 5.41) is 45.6. The highest BCUT2D eigenvalue weighted by Crippen LogP contribution is 2.24. The summed E-state index contributed by atoms with van der Waals surface area (Å²) in [7, 11) is 1.39. The van der Waals surface area contributed by atoms with Crippen LogP contribution in [0.2, 0.25) is 0 Å². The molecule has 206 valence electrons. The van der Waals surface area contributed by atoms with Crippen molar-refractivity contribution in [2.75, 3.05) is 7.11 Å². The quantitative estimate of drug-likeness (QED) is 0.170. The highest BCUT2D eigenvalue weighted by molar-refractivity contribution is 5.98. The predicted octanol–water partition coefficient (Wildman–Crippen LogP) is 1.15. The number of carbonyl (C=O) groups excluding carboxylic acids is 3. The van der Waals surface area contributed by atoms with Crippen LogP contribution in [0, 0.1) is 5.41 Å². The number of aliphatic hydroxyl groups is 4. The Morgan fingerprint density at radius 1 is 0.795 bits per heavy atom. The number of amides is 2. The molecule has 0 atom stereocenters. The number of nitrogens with zero attached hydrogens (tertiary/aromatic N) is 2. The van der Waals surface area contributed by atoms with Crippen molar-refractivity contribution in [1.82, 2.24) is 20.6 Å². The van der Waals surface area contributed by atoms with Gasteiger partial charge in [-0.05, 0) is 17.5 Å². The van der Waals surface area contributed by atoms with E-state index < -0.39 is 35.0 Å². The minimum atomic E-state index is -2.84. The van der Waals surface area contributed by atoms with Crippen LogP contribution in [-0.2, 0) is 11.8 Å². The first kappa shape index (κ1) is 29.3. The lowest BCUT2D eigenvalue weighted by molar-refractivity contribution is -0.186. The smallest absolute Gasteiger partial charge is 0.275 e. The lowest BCUT2D eigenvalue weighted by Crippen LogP contribution is -2.47. The van der Waals surface area contributed by atoms with E-state index in [-0.39, 0.29) is 22.3 Å². The third-order valence-corrected chi connectivity index (χ3v) is 5.48. The molecule has 0 aliphatic rings. The van der Waals surface area contributed by atoms with E-state index in [9.17, 15) is 34.8 Å². The molecule has 12 heteroatoms. The second-order valence-corrected chi connectivity index (χ2v) is 10.0. The number of benzene rings is 2. The van der Waals surface area contributed by atoms with Crippen LogP contribution < -0.4 is 15.4 Å². The summed E-state index contributed by atoms with van der Waals surface area (Å²) >= 11 is 0. The van der Waals surface area contributed by atoms with Crippen molar-refractivity contribution in [2.24, 2.45) is 5.41 Å². The van der Waals surface area contributed by atoms with Crippen molar-refractivity contribution in [2.45, 2.75) is 39.0 Å². The van der Waals surface area contributed by atoms with Gasteiger partial charge in [-0.1, -0.05) is 57.2 Å². The normalized spacial score (nSPS) is 12.0. The fraction of sp³-hybridized carbons (Fsp3) is 0.296. The number of hydrogen-bond donors (Lipinski definition) is 6. The molecule has 3 aromatic rings. The molecule has 39 heavy (non-hydrogen) atoms. The van der Waals surface area contributed by atoms with Crippen molar-refractivity contribution < 1.29 is 39.5 Å². The van der Waals surface area contributed by atoms with Gasteiger partial charge in [-0.3, -0.25) is 25.0 Å². The molecule has 0 saturated heterocycles. The highest BCUT2D eigenvalue weighted by atomic mass is 16.5. The van der Waals surface area contributed by atoms with Gasteiger partial charge in [-0.25, -0.2) is 9.97 Å². The lowest BCUT2D eigenvalue weighted by atomic mass is 9.87. The Kier molecular flexibility index (Phi) is 8.46. The Hall–Kier alpha value is -4.23. The van der Waals surface area contributed by atoms with Gasteiger partial charge in [0.05, 0.1) is 7.11 Å². The molecule has 1 aromatic heterocycles. The zero-order valence-electron chi connectivity index (χ0n) is 21.8. The van der Waals surface area contributed by atoms with Crippen molar-refractivity contribution in [3.8, 4) is 5.75 Å². The average Bonchev–Trinajstić information content (AvgIpc) is 2.87. The summed E-state index contributed by atoms with van der Waals surface area (Å²) in [5.74, 6) is -7.57. The molecule has 0 bridgehead atoms. The molecule has 6 N–H and O–H groups in total. The van der Waals surface area contributed by atoms with Crippen LogP contribution >= 0.6 is 0 Å². The Bertz CT molecular complexity index is 1360. The molecule has 1 heterocycles. The van der Waals surface area contributed by atoms with E-state index in [0.717, 1.165) is 12.4 Å². The van der Waals surface area contributed by atoms with Crippen LogP contribution in [0.15, 0.2) is 60.9 Å². The molecule has 0 spiro atoms. The number of carbonyl (C=O) groups is 3. The number of Topliss-reactive ketones (excluding diaryl/α,β-unsaturated/α-hetero) is 1. The summed E-state index contributed by atoms with van der Waals surface area (Å²) in [6.45, 7) is 5.77. The van der Waals surface area contributed by atoms with Crippen molar-refractivity contribution >= 4 is 17.6 Å². The first-order valence-electron chi connectivity index (χ1n) is 11.8. The third kappa shape index (κ3) is 7.65. The highest BCUT2D eigenvalue weighted by Gasteiger charge is 2.32. The molecule has 12 nitrogen and oxygen atoms in total. The van der Waals surface area contributed by atoms with E-state index in [0.29, 0.717) is 17.7 Å². The minimum absolute atomic E-state index is 0.0984. The monoisotopic (exact) mass is 538 g/mol. The SMILES string of the molecule is COc1cccc(C(O)(O)NC(=O)c2cc(C(=O)NC(O)(O)c3ccc(C(=O)CC(C)(C)C)cc3)ncn2)c1. The number of rotatable bonds is 9. The van der Waals surface area contributed by atoms with E-state index in [1.807, 2.05) is 31.4 Å². The second kappa shape index (κ2) is 11.3. The minimum Gasteiger partial charge on any atom is -0.497 e. The number of ketones is 1. The Labute approximate surface area is 224 Å². The number of nitrogens with one attached hydrogen (secondary N) is 2. The van der Waals surface area contributed by atoms with E-state index in [2.05, 4.69) is 9.97 Å². The van der Waals surface area contributed by atoms with Crippen LogP contribution in [0.4, 0.5) is 0 Å².